The number of hydrogen-bond donors (Lipinski definition) is 2. The van der Waals surface area contributed by atoms with E-state index in [-0.39, 0.29) is 11.6 Å². The highest BCUT2D eigenvalue weighted by Crippen LogP contribution is 2.21. The number of rotatable bonds is 2. The van der Waals surface area contributed by atoms with Gasteiger partial charge in [-0.1, -0.05) is 17.7 Å². The van der Waals surface area contributed by atoms with Gasteiger partial charge in [-0.25, -0.2) is 4.39 Å². The van der Waals surface area contributed by atoms with Crippen LogP contribution in [0.5, 0.6) is 0 Å². The lowest BCUT2D eigenvalue weighted by atomic mass is 10.1. The van der Waals surface area contributed by atoms with Crippen LogP contribution >= 0.6 is 11.6 Å². The predicted octanol–water partition coefficient (Wildman–Crippen LogP) is 3.62. The van der Waals surface area contributed by atoms with Gasteiger partial charge in [0.15, 0.2) is 0 Å². The molecule has 0 atom stereocenters. The molecule has 0 aliphatic rings. The number of nitrogens with one attached hydrogen (secondary N) is 1. The fourth-order valence-electron chi connectivity index (χ4n) is 1.68. The standard InChI is InChI=1S/C14H12ClFN2O/c1-8-2-3-9(15)6-11(8)14(19)18-13-5-4-10(16)7-12(13)17/h2-7H,17H2,1H3,(H,18,19). The van der Waals surface area contributed by atoms with Gasteiger partial charge in [0.25, 0.3) is 5.91 Å². The van der Waals surface area contributed by atoms with Gasteiger partial charge in [-0.15, -0.1) is 0 Å². The van der Waals surface area contributed by atoms with Crippen molar-refractivity contribution < 1.29 is 9.18 Å². The minimum Gasteiger partial charge on any atom is -0.397 e. The molecule has 0 heterocycles. The SMILES string of the molecule is Cc1ccc(Cl)cc1C(=O)Nc1ccc(F)cc1N. The summed E-state index contributed by atoms with van der Waals surface area (Å²) < 4.78 is 12.9. The normalized spacial score (nSPS) is 10.3. The van der Waals surface area contributed by atoms with E-state index in [1.165, 1.54) is 12.1 Å². The molecule has 5 heteroatoms. The monoisotopic (exact) mass is 278 g/mol. The van der Waals surface area contributed by atoms with Gasteiger partial charge < -0.3 is 11.1 Å². The Balaban J connectivity index is 2.28. The van der Waals surface area contributed by atoms with E-state index in [2.05, 4.69) is 5.32 Å². The third-order valence-electron chi connectivity index (χ3n) is 2.71. The summed E-state index contributed by atoms with van der Waals surface area (Å²) in [4.78, 5) is 12.1. The van der Waals surface area contributed by atoms with Crippen molar-refractivity contribution in [3.63, 3.8) is 0 Å². The minimum absolute atomic E-state index is 0.174. The first-order valence-electron chi connectivity index (χ1n) is 5.60. The summed E-state index contributed by atoms with van der Waals surface area (Å²) in [6.07, 6.45) is 0. The zero-order valence-corrected chi connectivity index (χ0v) is 11.0. The van der Waals surface area contributed by atoms with Gasteiger partial charge in [0.2, 0.25) is 0 Å². The molecule has 0 unspecified atom stereocenters. The molecule has 0 fully saturated rings. The van der Waals surface area contributed by atoms with Crippen molar-refractivity contribution in [2.45, 2.75) is 6.92 Å². The maximum atomic E-state index is 12.9. The average molecular weight is 279 g/mol. The molecule has 0 saturated heterocycles. The average Bonchev–Trinajstić information content (AvgIpc) is 2.35. The number of halogens is 2. The Kier molecular flexibility index (Phi) is 3.71. The zero-order chi connectivity index (χ0) is 14.0. The first kappa shape index (κ1) is 13.4. The molecule has 1 amide bonds. The van der Waals surface area contributed by atoms with Crippen molar-refractivity contribution in [3.8, 4) is 0 Å². The second-order valence-electron chi connectivity index (χ2n) is 4.14. The summed E-state index contributed by atoms with van der Waals surface area (Å²) in [5.74, 6) is -0.784. The highest BCUT2D eigenvalue weighted by atomic mass is 35.5. The predicted molar refractivity (Wildman–Crippen MR) is 75.0 cm³/mol. The van der Waals surface area contributed by atoms with E-state index >= 15 is 0 Å². The first-order valence-corrected chi connectivity index (χ1v) is 5.97. The van der Waals surface area contributed by atoms with Crippen LogP contribution in [0.3, 0.4) is 0 Å². The smallest absolute Gasteiger partial charge is 0.256 e. The number of amides is 1. The van der Waals surface area contributed by atoms with Crippen molar-refractivity contribution in [1.82, 2.24) is 0 Å². The van der Waals surface area contributed by atoms with Crippen LogP contribution in [0.25, 0.3) is 0 Å². The van der Waals surface area contributed by atoms with Gasteiger partial charge in [-0.05, 0) is 42.8 Å². The number of nitrogen functional groups attached to an aromatic ring is 1. The minimum atomic E-state index is -0.450. The fraction of sp³-hybridized carbons (Fsp3) is 0.0714. The van der Waals surface area contributed by atoms with Crippen LogP contribution in [0.15, 0.2) is 36.4 Å². The molecule has 2 aromatic carbocycles. The van der Waals surface area contributed by atoms with Crippen LogP contribution in [-0.2, 0) is 0 Å². The van der Waals surface area contributed by atoms with Gasteiger partial charge in [0.05, 0.1) is 11.4 Å². The third-order valence-corrected chi connectivity index (χ3v) is 2.94. The van der Waals surface area contributed by atoms with Crippen molar-refractivity contribution in [2.75, 3.05) is 11.1 Å². The summed E-state index contributed by atoms with van der Waals surface area (Å²) in [5.41, 5.74) is 7.42. The maximum absolute atomic E-state index is 12.9. The Hall–Kier alpha value is -2.07. The molecule has 3 N–H and O–H groups in total. The second-order valence-corrected chi connectivity index (χ2v) is 4.58. The molecule has 0 aliphatic carbocycles. The highest BCUT2D eigenvalue weighted by molar-refractivity contribution is 6.31. The Morgan fingerprint density at radius 1 is 1.26 bits per heavy atom. The van der Waals surface area contributed by atoms with Crippen LogP contribution in [0.2, 0.25) is 5.02 Å². The van der Waals surface area contributed by atoms with Crippen molar-refractivity contribution in [1.29, 1.82) is 0 Å². The molecular weight excluding hydrogens is 267 g/mol. The van der Waals surface area contributed by atoms with E-state index < -0.39 is 5.82 Å². The van der Waals surface area contributed by atoms with Crippen LogP contribution < -0.4 is 11.1 Å². The summed E-state index contributed by atoms with van der Waals surface area (Å²) in [5, 5.41) is 3.11. The lowest BCUT2D eigenvalue weighted by Crippen LogP contribution is -2.14. The number of nitrogens with two attached hydrogens (primary N) is 1. The topological polar surface area (TPSA) is 55.1 Å². The largest absolute Gasteiger partial charge is 0.397 e. The van der Waals surface area contributed by atoms with E-state index in [1.807, 2.05) is 0 Å². The number of anilines is 2. The molecule has 3 nitrogen and oxygen atoms in total. The van der Waals surface area contributed by atoms with Gasteiger partial charge in [0.1, 0.15) is 5.82 Å². The molecule has 98 valence electrons. The lowest BCUT2D eigenvalue weighted by Gasteiger charge is -2.10. The van der Waals surface area contributed by atoms with E-state index in [9.17, 15) is 9.18 Å². The molecule has 0 aromatic heterocycles. The van der Waals surface area contributed by atoms with E-state index in [4.69, 9.17) is 17.3 Å². The fourth-order valence-corrected chi connectivity index (χ4v) is 1.85. The molecule has 0 radical (unpaired) electrons. The Labute approximate surface area is 115 Å². The zero-order valence-electron chi connectivity index (χ0n) is 10.2. The molecule has 0 bridgehead atoms. The maximum Gasteiger partial charge on any atom is 0.256 e. The third kappa shape index (κ3) is 3.03. The highest BCUT2D eigenvalue weighted by Gasteiger charge is 2.11. The van der Waals surface area contributed by atoms with E-state index in [0.717, 1.165) is 11.6 Å². The molecule has 2 rings (SSSR count). The summed E-state index contributed by atoms with van der Waals surface area (Å²) in [6, 6.07) is 8.84. The quantitative estimate of drug-likeness (QED) is 0.824. The van der Waals surface area contributed by atoms with Gasteiger partial charge in [-0.3, -0.25) is 4.79 Å². The number of carbonyl (C=O) groups excluding carboxylic acids is 1. The van der Waals surface area contributed by atoms with Gasteiger partial charge in [0, 0.05) is 10.6 Å². The molecule has 0 saturated carbocycles. The summed E-state index contributed by atoms with van der Waals surface area (Å²) in [6.45, 7) is 1.80. The van der Waals surface area contributed by atoms with E-state index in [1.54, 1.807) is 25.1 Å². The molecule has 0 spiro atoms. The molecular formula is C14H12ClFN2O. The van der Waals surface area contributed by atoms with Gasteiger partial charge in [-0.2, -0.15) is 0 Å². The van der Waals surface area contributed by atoms with Crippen molar-refractivity contribution in [2.24, 2.45) is 0 Å². The summed E-state index contributed by atoms with van der Waals surface area (Å²) in [7, 11) is 0. The van der Waals surface area contributed by atoms with Crippen LogP contribution in [0.4, 0.5) is 15.8 Å². The van der Waals surface area contributed by atoms with Crippen LogP contribution in [0.1, 0.15) is 15.9 Å². The number of aryl methyl sites for hydroxylation is 1. The number of benzene rings is 2. The van der Waals surface area contributed by atoms with Crippen LogP contribution in [-0.4, -0.2) is 5.91 Å². The number of hydrogen-bond acceptors (Lipinski definition) is 2. The van der Waals surface area contributed by atoms with Crippen molar-refractivity contribution >= 4 is 28.9 Å². The lowest BCUT2D eigenvalue weighted by molar-refractivity contribution is 0.102. The molecule has 2 aromatic rings. The Bertz CT molecular complexity index is 643. The summed E-state index contributed by atoms with van der Waals surface area (Å²) >= 11 is 5.86. The first-order chi connectivity index (χ1) is 8.97. The Morgan fingerprint density at radius 3 is 2.68 bits per heavy atom. The van der Waals surface area contributed by atoms with E-state index in [0.29, 0.717) is 16.3 Å². The second kappa shape index (κ2) is 5.28. The number of carbonyl (C=O) groups is 1. The van der Waals surface area contributed by atoms with Gasteiger partial charge >= 0.3 is 0 Å². The Morgan fingerprint density at radius 2 is 2.00 bits per heavy atom. The molecule has 0 aliphatic heterocycles. The van der Waals surface area contributed by atoms with Crippen molar-refractivity contribution in [3.05, 3.63) is 58.4 Å². The van der Waals surface area contributed by atoms with Crippen LogP contribution in [0, 0.1) is 12.7 Å². The molecule has 19 heavy (non-hydrogen) atoms.